The number of esters is 1. The molecule has 0 saturated carbocycles. The second kappa shape index (κ2) is 72.1. The number of carbonyl (C=O) groups excluding carboxylic acids is 2. The first-order valence-electron chi connectivity index (χ1n) is 38.0. The first-order chi connectivity index (χ1) is 40.5. The van der Waals surface area contributed by atoms with Crippen molar-refractivity contribution < 1.29 is 24.5 Å². The summed E-state index contributed by atoms with van der Waals surface area (Å²) in [7, 11) is 0. The zero-order valence-corrected chi connectivity index (χ0v) is 56.0. The second-order valence-electron chi connectivity index (χ2n) is 26.4. The Morgan fingerprint density at radius 1 is 0.329 bits per heavy atom. The fourth-order valence-corrected chi connectivity index (χ4v) is 12.3. The second-order valence-corrected chi connectivity index (χ2v) is 26.4. The Kier molecular flexibility index (Phi) is 70.8. The lowest BCUT2D eigenvalue weighted by Crippen LogP contribution is -2.45. The zero-order chi connectivity index (χ0) is 59.2. The summed E-state index contributed by atoms with van der Waals surface area (Å²) in [6.45, 7) is 4.95. The van der Waals surface area contributed by atoms with E-state index < -0.39 is 12.1 Å². The molecular formula is C76H149NO5. The minimum absolute atomic E-state index is 0.0248. The molecule has 0 spiro atoms. The van der Waals surface area contributed by atoms with Gasteiger partial charge in [0.05, 0.1) is 25.4 Å². The third-order valence-electron chi connectivity index (χ3n) is 18.1. The molecule has 0 saturated heterocycles. The van der Waals surface area contributed by atoms with Gasteiger partial charge in [-0.3, -0.25) is 9.59 Å². The first kappa shape index (κ1) is 80.6. The number of ether oxygens (including phenoxy) is 1. The summed E-state index contributed by atoms with van der Waals surface area (Å²) < 4.78 is 5.49. The predicted molar refractivity (Wildman–Crippen MR) is 361 cm³/mol. The van der Waals surface area contributed by atoms with Crippen molar-refractivity contribution in [2.45, 2.75) is 450 Å². The van der Waals surface area contributed by atoms with Crippen LogP contribution in [-0.2, 0) is 14.3 Å². The van der Waals surface area contributed by atoms with E-state index in [2.05, 4.69) is 19.2 Å². The van der Waals surface area contributed by atoms with Gasteiger partial charge >= 0.3 is 5.97 Å². The van der Waals surface area contributed by atoms with E-state index in [0.29, 0.717) is 19.4 Å². The van der Waals surface area contributed by atoms with Gasteiger partial charge in [0.25, 0.3) is 0 Å². The monoisotopic (exact) mass is 1160 g/mol. The summed E-state index contributed by atoms with van der Waals surface area (Å²) in [6.07, 6.45) is 90.5. The summed E-state index contributed by atoms with van der Waals surface area (Å²) in [5.74, 6) is -0.0338. The molecule has 0 rings (SSSR count). The fraction of sp³-hybridized carbons (Fsp3) is 0.947. The van der Waals surface area contributed by atoms with Crippen LogP contribution in [0.2, 0.25) is 0 Å². The van der Waals surface area contributed by atoms with Gasteiger partial charge in [-0.25, -0.2) is 0 Å². The van der Waals surface area contributed by atoms with E-state index in [-0.39, 0.29) is 18.5 Å². The third kappa shape index (κ3) is 67.7. The van der Waals surface area contributed by atoms with Crippen LogP contribution in [0, 0.1) is 0 Å². The van der Waals surface area contributed by atoms with Gasteiger partial charge in [-0.05, 0) is 32.1 Å². The molecule has 0 radical (unpaired) electrons. The van der Waals surface area contributed by atoms with Gasteiger partial charge in [0.15, 0.2) is 0 Å². The minimum atomic E-state index is -0.840. The molecule has 0 fully saturated rings. The van der Waals surface area contributed by atoms with E-state index in [4.69, 9.17) is 4.74 Å². The molecule has 0 aliphatic rings. The van der Waals surface area contributed by atoms with Gasteiger partial charge in [0.1, 0.15) is 0 Å². The molecule has 0 aliphatic carbocycles. The van der Waals surface area contributed by atoms with Crippen LogP contribution in [0.25, 0.3) is 0 Å². The Balaban J connectivity index is 3.30. The molecule has 0 aliphatic heterocycles. The molecule has 0 bridgehead atoms. The van der Waals surface area contributed by atoms with Crippen LogP contribution in [0.4, 0.5) is 0 Å². The summed E-state index contributed by atoms with van der Waals surface area (Å²) in [5.41, 5.74) is 0. The molecule has 2 unspecified atom stereocenters. The van der Waals surface area contributed by atoms with E-state index in [9.17, 15) is 19.8 Å². The van der Waals surface area contributed by atoms with Crippen molar-refractivity contribution in [2.75, 3.05) is 13.2 Å². The van der Waals surface area contributed by atoms with Crippen LogP contribution >= 0.6 is 0 Å². The first-order valence-corrected chi connectivity index (χ1v) is 38.0. The Hall–Kier alpha value is -1.40. The van der Waals surface area contributed by atoms with Crippen molar-refractivity contribution in [1.29, 1.82) is 0 Å². The number of unbranched alkanes of at least 4 members (excludes halogenated alkanes) is 61. The number of hydrogen-bond donors (Lipinski definition) is 3. The molecule has 6 heteroatoms. The Labute approximate surface area is 514 Å². The Bertz CT molecular complexity index is 1240. The van der Waals surface area contributed by atoms with Gasteiger partial charge in [0, 0.05) is 12.8 Å². The van der Waals surface area contributed by atoms with Gasteiger partial charge in [0.2, 0.25) is 5.91 Å². The van der Waals surface area contributed by atoms with Crippen LogP contribution in [-0.4, -0.2) is 47.4 Å². The maximum absolute atomic E-state index is 12.5. The fourth-order valence-electron chi connectivity index (χ4n) is 12.3. The van der Waals surface area contributed by atoms with Crippen LogP contribution in [0.5, 0.6) is 0 Å². The standard InChI is InChI=1S/C76H149NO5/c1-3-5-7-9-11-13-15-17-18-42-45-48-52-56-60-64-68-74(79)73(72-78)77-75(80)69-65-61-57-53-49-46-43-40-38-36-34-32-30-28-26-24-22-20-19-21-23-25-27-29-31-33-35-37-39-41-44-47-51-55-59-63-67-71-82-76(81)70-66-62-58-54-50-16-14-12-10-8-6-4-2/h64,68,73-74,78-79H,3-63,65-67,69-72H2,1-2H3,(H,77,80)/b68-64+. The quantitative estimate of drug-likeness (QED) is 0.0320. The van der Waals surface area contributed by atoms with Gasteiger partial charge in [-0.15, -0.1) is 0 Å². The van der Waals surface area contributed by atoms with Crippen molar-refractivity contribution >= 4 is 11.9 Å². The number of carbonyl (C=O) groups is 2. The molecule has 0 aromatic heterocycles. The van der Waals surface area contributed by atoms with Crippen molar-refractivity contribution in [3.63, 3.8) is 0 Å². The highest BCUT2D eigenvalue weighted by atomic mass is 16.5. The maximum atomic E-state index is 12.5. The molecule has 0 aromatic carbocycles. The number of hydrogen-bond acceptors (Lipinski definition) is 5. The van der Waals surface area contributed by atoms with Crippen molar-refractivity contribution in [3.05, 3.63) is 12.2 Å². The molecule has 488 valence electrons. The Morgan fingerprint density at radius 3 is 0.829 bits per heavy atom. The number of rotatable bonds is 72. The molecular weight excluding hydrogens is 1010 g/mol. The zero-order valence-electron chi connectivity index (χ0n) is 56.0. The van der Waals surface area contributed by atoms with Crippen molar-refractivity contribution in [3.8, 4) is 0 Å². The lowest BCUT2D eigenvalue weighted by Gasteiger charge is -2.20. The van der Waals surface area contributed by atoms with E-state index in [1.807, 2.05) is 6.08 Å². The van der Waals surface area contributed by atoms with Gasteiger partial charge in [-0.1, -0.05) is 405 Å². The third-order valence-corrected chi connectivity index (χ3v) is 18.1. The number of amides is 1. The van der Waals surface area contributed by atoms with Crippen LogP contribution in [0.1, 0.15) is 438 Å². The predicted octanol–water partition coefficient (Wildman–Crippen LogP) is 24.7. The number of aliphatic hydroxyl groups is 2. The van der Waals surface area contributed by atoms with Gasteiger partial charge in [-0.2, -0.15) is 0 Å². The summed E-state index contributed by atoms with van der Waals surface area (Å²) in [4.78, 5) is 24.5. The van der Waals surface area contributed by atoms with Crippen molar-refractivity contribution in [1.82, 2.24) is 5.32 Å². The number of nitrogens with one attached hydrogen (secondary N) is 1. The number of aliphatic hydroxyl groups excluding tert-OH is 2. The maximum Gasteiger partial charge on any atom is 0.305 e. The highest BCUT2D eigenvalue weighted by molar-refractivity contribution is 5.76. The molecule has 1 amide bonds. The highest BCUT2D eigenvalue weighted by Gasteiger charge is 2.18. The van der Waals surface area contributed by atoms with E-state index >= 15 is 0 Å². The molecule has 6 nitrogen and oxygen atoms in total. The lowest BCUT2D eigenvalue weighted by molar-refractivity contribution is -0.143. The van der Waals surface area contributed by atoms with E-state index in [1.54, 1.807) is 6.08 Å². The van der Waals surface area contributed by atoms with Crippen LogP contribution in [0.3, 0.4) is 0 Å². The molecule has 3 N–H and O–H groups in total. The average molecular weight is 1160 g/mol. The van der Waals surface area contributed by atoms with E-state index in [0.717, 1.165) is 38.5 Å². The summed E-state index contributed by atoms with van der Waals surface area (Å²) in [5, 5.41) is 23.2. The average Bonchev–Trinajstić information content (AvgIpc) is 3.48. The minimum Gasteiger partial charge on any atom is -0.466 e. The summed E-state index contributed by atoms with van der Waals surface area (Å²) >= 11 is 0. The Morgan fingerprint density at radius 2 is 0.561 bits per heavy atom. The number of allylic oxidation sites excluding steroid dienone is 1. The molecule has 2 atom stereocenters. The lowest BCUT2D eigenvalue weighted by atomic mass is 10.0. The molecule has 0 aromatic rings. The molecule has 82 heavy (non-hydrogen) atoms. The highest BCUT2D eigenvalue weighted by Crippen LogP contribution is 2.20. The van der Waals surface area contributed by atoms with Gasteiger partial charge < -0.3 is 20.3 Å². The smallest absolute Gasteiger partial charge is 0.305 e. The summed E-state index contributed by atoms with van der Waals surface area (Å²) in [6, 6.07) is -0.623. The molecule has 0 heterocycles. The van der Waals surface area contributed by atoms with Crippen molar-refractivity contribution in [2.24, 2.45) is 0 Å². The normalized spacial score (nSPS) is 12.5. The largest absolute Gasteiger partial charge is 0.466 e. The topological polar surface area (TPSA) is 95.9 Å². The van der Waals surface area contributed by atoms with Crippen LogP contribution < -0.4 is 5.32 Å². The SMILES string of the molecule is CCCCCCCCCCCCCCCC/C=C/C(O)C(CO)NC(=O)CCCCCCCCCCCCCCCCCCCCCCCCCCCCCCCCCCCCCCCOC(=O)CCCCCCCCCCCCCC. The van der Waals surface area contributed by atoms with Crippen LogP contribution in [0.15, 0.2) is 12.2 Å². The van der Waals surface area contributed by atoms with E-state index in [1.165, 1.54) is 372 Å².